The van der Waals surface area contributed by atoms with Gasteiger partial charge in [0.15, 0.2) is 0 Å². The van der Waals surface area contributed by atoms with Crippen LogP contribution in [-0.2, 0) is 0 Å². The van der Waals surface area contributed by atoms with Crippen LogP contribution in [0.25, 0.3) is 0 Å². The molecule has 0 spiro atoms. The molecule has 0 N–H and O–H groups in total. The number of hydrogen-bond donors (Lipinski definition) is 1. The van der Waals surface area contributed by atoms with Crippen molar-refractivity contribution in [2.75, 3.05) is 19.5 Å². The van der Waals surface area contributed by atoms with Gasteiger partial charge in [-0.3, -0.25) is 0 Å². The summed E-state index contributed by atoms with van der Waals surface area (Å²) in [6.07, 6.45) is 2.28. The van der Waals surface area contributed by atoms with Crippen molar-refractivity contribution in [3.05, 3.63) is 48.5 Å². The maximum Gasteiger partial charge on any atom is 0.119 e. The molecule has 0 aliphatic heterocycles. The number of ether oxygens (including phenoxy) is 2. The fraction of sp³-hybridized carbons (Fsp3) is 0.294. The molecule has 108 valence electrons. The van der Waals surface area contributed by atoms with Gasteiger partial charge in [0.05, 0.1) is 13.2 Å². The molecule has 20 heavy (non-hydrogen) atoms. The summed E-state index contributed by atoms with van der Waals surface area (Å²) < 4.78 is 11.0. The van der Waals surface area contributed by atoms with Gasteiger partial charge in [-0.15, -0.1) is 0 Å². The van der Waals surface area contributed by atoms with Gasteiger partial charge in [0.2, 0.25) is 0 Å². The monoisotopic (exact) mass is 290 g/mol. The van der Waals surface area contributed by atoms with E-state index in [1.165, 1.54) is 9.79 Å². The smallest absolute Gasteiger partial charge is 0.119 e. The van der Waals surface area contributed by atoms with Crippen LogP contribution in [0.4, 0.5) is 0 Å². The first kappa shape index (κ1) is 14.8. The van der Waals surface area contributed by atoms with Crippen molar-refractivity contribution in [3.8, 4) is 11.5 Å². The minimum absolute atomic E-state index is 0.325. The molecule has 2 aromatic rings. The maximum atomic E-state index is 5.48. The van der Waals surface area contributed by atoms with Gasteiger partial charge in [0.25, 0.3) is 0 Å². The molecule has 2 aromatic carbocycles. The van der Waals surface area contributed by atoms with Gasteiger partial charge in [0, 0.05) is 0 Å². The van der Waals surface area contributed by atoms with Gasteiger partial charge in [0.1, 0.15) is 11.5 Å². The Morgan fingerprint density at radius 3 is 1.35 bits per heavy atom. The van der Waals surface area contributed by atoms with Crippen LogP contribution >= 0.6 is 10.9 Å². The molecule has 3 heteroatoms. The highest BCUT2D eigenvalue weighted by molar-refractivity contribution is 8.16. The summed E-state index contributed by atoms with van der Waals surface area (Å²) in [6.45, 7) is 5.42. The molecule has 0 amide bonds. The van der Waals surface area contributed by atoms with E-state index in [0.717, 1.165) is 11.5 Å². The first-order chi connectivity index (χ1) is 9.74. The van der Waals surface area contributed by atoms with Gasteiger partial charge in [-0.1, -0.05) is 0 Å². The van der Waals surface area contributed by atoms with Crippen molar-refractivity contribution < 1.29 is 9.47 Å². The fourth-order valence-corrected chi connectivity index (χ4v) is 3.51. The number of benzene rings is 2. The van der Waals surface area contributed by atoms with Crippen LogP contribution in [0.2, 0.25) is 0 Å². The lowest BCUT2D eigenvalue weighted by molar-refractivity contribution is 0.340. The number of rotatable bonds is 6. The van der Waals surface area contributed by atoms with Crippen LogP contribution in [-0.4, -0.2) is 19.5 Å². The molecule has 0 saturated heterocycles. The molecule has 0 aliphatic rings. The maximum absolute atomic E-state index is 5.48. The highest BCUT2D eigenvalue weighted by atomic mass is 32.2. The Morgan fingerprint density at radius 2 is 1.05 bits per heavy atom. The van der Waals surface area contributed by atoms with Gasteiger partial charge < -0.3 is 9.47 Å². The predicted molar refractivity (Wildman–Crippen MR) is 86.7 cm³/mol. The van der Waals surface area contributed by atoms with E-state index in [2.05, 4.69) is 30.5 Å². The molecule has 0 atom stereocenters. The summed E-state index contributed by atoms with van der Waals surface area (Å²) in [7, 11) is -0.325. The molecule has 0 aromatic heterocycles. The molecule has 0 bridgehead atoms. The van der Waals surface area contributed by atoms with Crippen molar-refractivity contribution in [2.24, 2.45) is 0 Å². The largest absolute Gasteiger partial charge is 0.494 e. The minimum atomic E-state index is -0.325. The van der Waals surface area contributed by atoms with Crippen LogP contribution < -0.4 is 9.47 Å². The predicted octanol–water partition coefficient (Wildman–Crippen LogP) is 4.53. The third kappa shape index (κ3) is 3.70. The van der Waals surface area contributed by atoms with Crippen LogP contribution in [0.1, 0.15) is 13.8 Å². The third-order valence-corrected chi connectivity index (χ3v) is 5.22. The Labute approximate surface area is 124 Å². The summed E-state index contributed by atoms with van der Waals surface area (Å²) in [4.78, 5) is 2.71. The van der Waals surface area contributed by atoms with Crippen molar-refractivity contribution in [2.45, 2.75) is 23.6 Å². The second-order valence-electron chi connectivity index (χ2n) is 4.41. The minimum Gasteiger partial charge on any atom is -0.494 e. The quantitative estimate of drug-likeness (QED) is 0.788. The van der Waals surface area contributed by atoms with Crippen molar-refractivity contribution in [1.29, 1.82) is 0 Å². The van der Waals surface area contributed by atoms with E-state index in [1.54, 1.807) is 0 Å². The Hall–Kier alpha value is -1.61. The summed E-state index contributed by atoms with van der Waals surface area (Å²) in [5, 5.41) is 0. The van der Waals surface area contributed by atoms with E-state index in [1.807, 2.05) is 38.1 Å². The summed E-state index contributed by atoms with van der Waals surface area (Å²) in [5.74, 6) is 1.87. The molecule has 0 unspecified atom stereocenters. The fourth-order valence-electron chi connectivity index (χ4n) is 2.01. The molecule has 0 saturated carbocycles. The van der Waals surface area contributed by atoms with Gasteiger partial charge in [-0.05, 0) is 78.4 Å². The van der Waals surface area contributed by atoms with Gasteiger partial charge in [-0.25, -0.2) is 10.9 Å². The number of hydrogen-bond acceptors (Lipinski definition) is 2. The van der Waals surface area contributed by atoms with Crippen LogP contribution in [0.5, 0.6) is 11.5 Å². The highest BCUT2D eigenvalue weighted by Gasteiger charge is 2.05. The lowest BCUT2D eigenvalue weighted by Crippen LogP contribution is -1.92. The summed E-state index contributed by atoms with van der Waals surface area (Å²) in [5.41, 5.74) is 0. The molecule has 0 fully saturated rings. The van der Waals surface area contributed by atoms with E-state index in [9.17, 15) is 0 Å². The highest BCUT2D eigenvalue weighted by Crippen LogP contribution is 2.42. The Bertz CT molecular complexity index is 470. The average molecular weight is 290 g/mol. The summed E-state index contributed by atoms with van der Waals surface area (Å²) in [6, 6.07) is 16.8. The van der Waals surface area contributed by atoms with E-state index >= 15 is 0 Å². The zero-order chi connectivity index (χ0) is 14.4. The topological polar surface area (TPSA) is 18.5 Å². The SMILES string of the molecule is CCOc1ccc([SH](C)c2ccc(OCC)cc2)cc1. The Morgan fingerprint density at radius 1 is 0.700 bits per heavy atom. The summed E-state index contributed by atoms with van der Waals surface area (Å²) >= 11 is 0. The van der Waals surface area contributed by atoms with Crippen LogP contribution in [0, 0.1) is 0 Å². The second kappa shape index (κ2) is 7.25. The normalized spacial score (nSPS) is 11.1. The molecule has 0 aliphatic carbocycles. The van der Waals surface area contributed by atoms with E-state index < -0.39 is 0 Å². The second-order valence-corrected chi connectivity index (χ2v) is 6.56. The van der Waals surface area contributed by atoms with Crippen molar-refractivity contribution in [1.82, 2.24) is 0 Å². The zero-order valence-corrected chi connectivity index (χ0v) is 13.2. The van der Waals surface area contributed by atoms with E-state index in [0.29, 0.717) is 13.2 Å². The van der Waals surface area contributed by atoms with Gasteiger partial charge in [-0.2, -0.15) is 0 Å². The first-order valence-corrected chi connectivity index (χ1v) is 8.73. The number of thiol groups is 1. The molecule has 2 nitrogen and oxygen atoms in total. The molecular formula is C17H22O2S. The van der Waals surface area contributed by atoms with Crippen LogP contribution in [0.3, 0.4) is 0 Å². The van der Waals surface area contributed by atoms with E-state index in [-0.39, 0.29) is 10.9 Å². The van der Waals surface area contributed by atoms with Crippen molar-refractivity contribution >= 4 is 10.9 Å². The lowest BCUT2D eigenvalue weighted by Gasteiger charge is -2.18. The standard InChI is InChI=1S/C17H22O2S/c1-4-18-14-6-10-16(11-7-14)20(3)17-12-8-15(9-13-17)19-5-2/h6-13,20H,4-5H2,1-3H3. The molecule has 2 rings (SSSR count). The first-order valence-electron chi connectivity index (χ1n) is 6.94. The Balaban J connectivity index is 2.11. The molecular weight excluding hydrogens is 268 g/mol. The molecule has 0 radical (unpaired) electrons. The van der Waals surface area contributed by atoms with Gasteiger partial charge >= 0.3 is 0 Å². The Kier molecular flexibility index (Phi) is 5.36. The van der Waals surface area contributed by atoms with E-state index in [4.69, 9.17) is 9.47 Å². The third-order valence-electron chi connectivity index (χ3n) is 3.07. The average Bonchev–Trinajstić information content (AvgIpc) is 2.49. The van der Waals surface area contributed by atoms with Crippen molar-refractivity contribution in [3.63, 3.8) is 0 Å². The molecule has 0 heterocycles. The lowest BCUT2D eigenvalue weighted by atomic mass is 10.3. The van der Waals surface area contributed by atoms with Crippen LogP contribution in [0.15, 0.2) is 58.3 Å². The zero-order valence-electron chi connectivity index (χ0n) is 12.3.